The van der Waals surface area contributed by atoms with Gasteiger partial charge in [-0.05, 0) is 31.0 Å². The zero-order valence-electron chi connectivity index (χ0n) is 19.9. The van der Waals surface area contributed by atoms with Crippen molar-refractivity contribution in [1.82, 2.24) is 35.5 Å². The molecule has 0 aromatic carbocycles. The smallest absolute Gasteiger partial charge is 0.275 e. The van der Waals surface area contributed by atoms with Crippen molar-refractivity contribution in [3.63, 3.8) is 0 Å². The Balaban J connectivity index is 1.20. The first-order chi connectivity index (χ1) is 17.7. The molecule has 0 unspecified atom stereocenters. The number of rotatable bonds is 11. The maximum Gasteiger partial charge on any atom is 0.275 e. The van der Waals surface area contributed by atoms with Crippen LogP contribution in [0, 0.1) is 0 Å². The molecule has 2 N–H and O–H groups in total. The van der Waals surface area contributed by atoms with Crippen LogP contribution in [0.2, 0.25) is 0 Å². The Morgan fingerprint density at radius 3 is 2.70 bits per heavy atom. The largest absolute Gasteiger partial charge is 0.490 e. The molecule has 0 aliphatic heterocycles. The predicted molar refractivity (Wildman–Crippen MR) is 124 cm³/mol. The fourth-order valence-electron chi connectivity index (χ4n) is 3.70. The van der Waals surface area contributed by atoms with Crippen LogP contribution in [0.25, 0.3) is 0 Å². The number of ether oxygens (including phenoxy) is 1. The molecule has 3 heterocycles. The van der Waals surface area contributed by atoms with E-state index >= 15 is 0 Å². The summed E-state index contributed by atoms with van der Waals surface area (Å²) in [6.07, 6.45) is 0.634. The van der Waals surface area contributed by atoms with Gasteiger partial charge < -0.3 is 15.0 Å². The number of hydrogen-bond donors (Lipinski definition) is 2. The molecule has 0 radical (unpaired) electrons. The molecule has 0 bridgehead atoms. The van der Waals surface area contributed by atoms with Gasteiger partial charge in [0.25, 0.3) is 11.8 Å². The molecule has 2 amide bonds. The van der Waals surface area contributed by atoms with Crippen molar-refractivity contribution in [2.75, 3.05) is 18.9 Å². The molecule has 3 aromatic heterocycles. The molecule has 37 heavy (non-hydrogen) atoms. The number of pyridine rings is 1. The molecule has 4 rings (SSSR count). The van der Waals surface area contributed by atoms with Gasteiger partial charge in [0, 0.05) is 32.2 Å². The highest BCUT2D eigenvalue weighted by atomic mass is 19.3. The van der Waals surface area contributed by atoms with Crippen LogP contribution in [0.15, 0.2) is 36.7 Å². The van der Waals surface area contributed by atoms with Gasteiger partial charge in [0.05, 0.1) is 30.6 Å². The lowest BCUT2D eigenvalue weighted by molar-refractivity contribution is -0.134. The average Bonchev–Trinajstić information content (AvgIpc) is 3.37. The van der Waals surface area contributed by atoms with E-state index in [0.29, 0.717) is 17.1 Å². The number of aromatic amines is 1. The first-order valence-electron chi connectivity index (χ1n) is 11.5. The van der Waals surface area contributed by atoms with Crippen molar-refractivity contribution in [3.05, 3.63) is 53.7 Å². The van der Waals surface area contributed by atoms with E-state index in [-0.39, 0.29) is 50.2 Å². The van der Waals surface area contributed by atoms with Crippen LogP contribution in [0.4, 0.5) is 19.0 Å². The Bertz CT molecular complexity index is 1200. The van der Waals surface area contributed by atoms with Crippen LogP contribution >= 0.6 is 0 Å². The summed E-state index contributed by atoms with van der Waals surface area (Å²) < 4.78 is 45.8. The van der Waals surface area contributed by atoms with E-state index in [1.54, 1.807) is 18.2 Å². The number of anilines is 1. The second-order valence-corrected chi connectivity index (χ2v) is 8.80. The van der Waals surface area contributed by atoms with Crippen molar-refractivity contribution in [2.24, 2.45) is 0 Å². The van der Waals surface area contributed by atoms with Gasteiger partial charge in [-0.1, -0.05) is 5.21 Å². The third-order valence-electron chi connectivity index (χ3n) is 5.64. The molecule has 1 atom stereocenters. The fraction of sp³-hybridized carbons (Fsp3) is 0.435. The Morgan fingerprint density at radius 1 is 1.22 bits per heavy atom. The van der Waals surface area contributed by atoms with E-state index < -0.39 is 30.0 Å². The number of amides is 2. The number of alkyl halides is 3. The van der Waals surface area contributed by atoms with Crippen LogP contribution in [0.3, 0.4) is 0 Å². The van der Waals surface area contributed by atoms with Crippen molar-refractivity contribution in [3.8, 4) is 5.75 Å². The van der Waals surface area contributed by atoms with Gasteiger partial charge in [0.15, 0.2) is 11.5 Å². The predicted octanol–water partition coefficient (Wildman–Crippen LogP) is 2.39. The Hall–Kier alpha value is -4.10. The van der Waals surface area contributed by atoms with Crippen LogP contribution in [-0.2, 0) is 17.6 Å². The summed E-state index contributed by atoms with van der Waals surface area (Å²) in [6, 6.07) is 6.27. The monoisotopic (exact) mass is 518 g/mol. The summed E-state index contributed by atoms with van der Waals surface area (Å²) in [5.41, 5.74) is 1.04. The van der Waals surface area contributed by atoms with Gasteiger partial charge >= 0.3 is 0 Å². The van der Waals surface area contributed by atoms with Crippen molar-refractivity contribution >= 4 is 17.6 Å². The molecule has 1 aliphatic carbocycles. The highest BCUT2D eigenvalue weighted by Gasteiger charge is 2.47. The number of H-pyrrole nitrogens is 1. The zero-order valence-corrected chi connectivity index (χ0v) is 19.9. The number of aromatic nitrogens is 6. The number of nitrogens with one attached hydrogen (secondary N) is 2. The van der Waals surface area contributed by atoms with E-state index in [1.165, 1.54) is 30.4 Å². The van der Waals surface area contributed by atoms with Gasteiger partial charge in [-0.25, -0.2) is 13.2 Å². The summed E-state index contributed by atoms with van der Waals surface area (Å²) >= 11 is 0. The van der Waals surface area contributed by atoms with E-state index in [4.69, 9.17) is 4.74 Å². The van der Waals surface area contributed by atoms with E-state index in [2.05, 4.69) is 35.9 Å². The highest BCUT2D eigenvalue weighted by Crippen LogP contribution is 2.39. The third-order valence-corrected chi connectivity index (χ3v) is 5.64. The lowest BCUT2D eigenvalue weighted by Crippen LogP contribution is -2.43. The van der Waals surface area contributed by atoms with Crippen molar-refractivity contribution in [1.29, 1.82) is 0 Å². The van der Waals surface area contributed by atoms with Gasteiger partial charge in [-0.3, -0.25) is 19.7 Å². The molecule has 3 aromatic rings. The number of halogens is 3. The molecule has 196 valence electrons. The minimum absolute atomic E-state index is 0.0778. The average molecular weight is 519 g/mol. The molecule has 1 aliphatic rings. The number of carbonyl (C=O) groups is 2. The maximum atomic E-state index is 14.4. The maximum absolute atomic E-state index is 14.4. The second-order valence-electron chi connectivity index (χ2n) is 8.80. The van der Waals surface area contributed by atoms with Crippen LogP contribution in [0.1, 0.15) is 41.1 Å². The van der Waals surface area contributed by atoms with Crippen molar-refractivity contribution in [2.45, 2.75) is 50.3 Å². The number of nitrogens with zero attached hydrogens (tertiary/aromatic N) is 6. The summed E-state index contributed by atoms with van der Waals surface area (Å²) in [5, 5.41) is 20.1. The minimum Gasteiger partial charge on any atom is -0.490 e. The van der Waals surface area contributed by atoms with Crippen LogP contribution < -0.4 is 10.1 Å². The van der Waals surface area contributed by atoms with Gasteiger partial charge in [-0.2, -0.15) is 5.10 Å². The molecular formula is C23H25F3N8O3. The number of carbonyl (C=O) groups excluding carboxylic acids is 2. The van der Waals surface area contributed by atoms with Crippen LogP contribution in [0.5, 0.6) is 5.75 Å². The summed E-state index contributed by atoms with van der Waals surface area (Å²) in [4.78, 5) is 29.8. The highest BCUT2D eigenvalue weighted by molar-refractivity contribution is 5.91. The normalized spacial score (nSPS) is 15.5. The third kappa shape index (κ3) is 7.44. The van der Waals surface area contributed by atoms with Crippen molar-refractivity contribution < 1.29 is 27.5 Å². The Kier molecular flexibility index (Phi) is 7.94. The molecule has 1 fully saturated rings. The summed E-state index contributed by atoms with van der Waals surface area (Å²) in [6.45, 7) is -0.110. The van der Waals surface area contributed by atoms with Gasteiger partial charge in [0.2, 0.25) is 5.91 Å². The molecule has 14 heteroatoms. The number of aryl methyl sites for hydroxylation is 1. The van der Waals surface area contributed by atoms with E-state index in [9.17, 15) is 22.8 Å². The van der Waals surface area contributed by atoms with E-state index in [1.807, 2.05) is 0 Å². The number of hydrogen-bond acceptors (Lipinski definition) is 8. The first-order valence-corrected chi connectivity index (χ1v) is 11.5. The SMILES string of the molecule is CN(C[C@H](F)CCc1ccc(NC(=O)Cc2cc(OC3CC(F)(F)C3)ccn2)nn1)C(=O)c1c[nH]nn1. The van der Waals surface area contributed by atoms with Gasteiger partial charge in [0.1, 0.15) is 18.0 Å². The lowest BCUT2D eigenvalue weighted by atomic mass is 9.91. The van der Waals surface area contributed by atoms with Gasteiger partial charge in [-0.15, -0.1) is 10.2 Å². The molecular weight excluding hydrogens is 493 g/mol. The second kappa shape index (κ2) is 11.3. The lowest BCUT2D eigenvalue weighted by Gasteiger charge is -2.34. The summed E-state index contributed by atoms with van der Waals surface area (Å²) in [5.74, 6) is -2.92. The molecule has 0 spiro atoms. The zero-order chi connectivity index (χ0) is 26.4. The molecule has 0 saturated heterocycles. The first kappa shape index (κ1) is 26.0. The summed E-state index contributed by atoms with van der Waals surface area (Å²) in [7, 11) is 1.48. The Labute approximate surface area is 209 Å². The minimum atomic E-state index is -2.68. The topological polar surface area (TPSA) is 139 Å². The quantitative estimate of drug-likeness (QED) is 0.395. The Morgan fingerprint density at radius 2 is 2.03 bits per heavy atom. The standard InChI is InChI=1S/C23H25F3N8O3/c1-34(22(36)19-12-28-33-31-19)13-14(24)2-3-15-4-5-20(32-30-15)29-21(35)9-16-8-17(6-7-27-16)37-18-10-23(25,26)11-18/h4-8,12,14,18H,2-3,9-11,13H2,1H3,(H,28,31,33)(H,29,32,35)/t14-/m1/s1. The van der Waals surface area contributed by atoms with Crippen LogP contribution in [-0.4, -0.2) is 79.1 Å². The fourth-order valence-corrected chi connectivity index (χ4v) is 3.70. The molecule has 1 saturated carbocycles. The molecule has 11 nitrogen and oxygen atoms in total. The van der Waals surface area contributed by atoms with E-state index in [0.717, 1.165) is 0 Å².